The van der Waals surface area contributed by atoms with E-state index < -0.39 is 0 Å². The number of aromatic nitrogens is 3. The van der Waals surface area contributed by atoms with Crippen LogP contribution >= 0.6 is 11.3 Å². The SMILES string of the molecule is O=C(Nc1cc2sc(N3CCOCC3)nc2nc1N1CCCCC1)c1cccc(N2CC[C@H](O)C2)n1. The number of ether oxygens (including phenoxy) is 1. The maximum Gasteiger partial charge on any atom is 0.274 e. The van der Waals surface area contributed by atoms with Crippen LogP contribution in [0.1, 0.15) is 36.2 Å². The van der Waals surface area contributed by atoms with E-state index in [2.05, 4.69) is 20.1 Å². The first-order chi connectivity index (χ1) is 17.6. The number of morpholine rings is 1. The number of anilines is 4. The molecular weight excluding hydrogens is 478 g/mol. The second-order valence-electron chi connectivity index (χ2n) is 9.55. The van der Waals surface area contributed by atoms with Gasteiger partial charge in [-0.25, -0.2) is 9.97 Å². The molecule has 1 atom stereocenters. The second kappa shape index (κ2) is 10.2. The third-order valence-electron chi connectivity index (χ3n) is 6.99. The number of hydrogen-bond donors (Lipinski definition) is 2. The van der Waals surface area contributed by atoms with Crippen molar-refractivity contribution in [2.45, 2.75) is 31.8 Å². The molecule has 2 N–H and O–H groups in total. The summed E-state index contributed by atoms with van der Waals surface area (Å²) in [5.41, 5.74) is 1.75. The molecule has 3 aliphatic rings. The number of thiazole rings is 1. The van der Waals surface area contributed by atoms with Crippen LogP contribution < -0.4 is 20.0 Å². The number of rotatable bonds is 5. The van der Waals surface area contributed by atoms with Crippen LogP contribution in [0.25, 0.3) is 10.3 Å². The minimum atomic E-state index is -0.351. The summed E-state index contributed by atoms with van der Waals surface area (Å²) in [7, 11) is 0. The first-order valence-corrected chi connectivity index (χ1v) is 13.6. The van der Waals surface area contributed by atoms with Crippen molar-refractivity contribution in [3.8, 4) is 0 Å². The Bertz CT molecular complexity index is 1240. The maximum atomic E-state index is 13.3. The molecule has 3 aromatic rings. The third-order valence-corrected chi connectivity index (χ3v) is 8.04. The van der Waals surface area contributed by atoms with E-state index in [1.54, 1.807) is 17.4 Å². The molecule has 0 aromatic carbocycles. The maximum absolute atomic E-state index is 13.3. The second-order valence-corrected chi connectivity index (χ2v) is 10.6. The highest BCUT2D eigenvalue weighted by molar-refractivity contribution is 7.22. The first kappa shape index (κ1) is 23.4. The molecule has 3 aliphatic heterocycles. The normalized spacial score (nSPS) is 20.8. The summed E-state index contributed by atoms with van der Waals surface area (Å²) in [5.74, 6) is 1.21. The van der Waals surface area contributed by atoms with Crippen molar-refractivity contribution in [3.05, 3.63) is 30.0 Å². The zero-order valence-corrected chi connectivity index (χ0v) is 21.0. The molecule has 6 heterocycles. The number of piperidine rings is 1. The average Bonchev–Trinajstić information content (AvgIpc) is 3.55. The smallest absolute Gasteiger partial charge is 0.274 e. The fourth-order valence-electron chi connectivity index (χ4n) is 5.03. The third kappa shape index (κ3) is 4.82. The summed E-state index contributed by atoms with van der Waals surface area (Å²) in [6, 6.07) is 7.45. The van der Waals surface area contributed by atoms with Crippen LogP contribution in [0, 0.1) is 0 Å². The summed E-state index contributed by atoms with van der Waals surface area (Å²) < 4.78 is 6.43. The number of carbonyl (C=O) groups excluding carboxylic acids is 1. The van der Waals surface area contributed by atoms with Crippen LogP contribution in [0.15, 0.2) is 24.3 Å². The molecule has 10 nitrogen and oxygen atoms in total. The van der Waals surface area contributed by atoms with E-state index >= 15 is 0 Å². The highest BCUT2D eigenvalue weighted by Crippen LogP contribution is 2.35. The molecule has 0 radical (unpaired) electrons. The van der Waals surface area contributed by atoms with E-state index in [0.29, 0.717) is 49.0 Å². The van der Waals surface area contributed by atoms with Gasteiger partial charge in [-0.15, -0.1) is 0 Å². The molecule has 0 saturated carbocycles. The molecule has 0 spiro atoms. The summed E-state index contributed by atoms with van der Waals surface area (Å²) in [4.78, 5) is 34.2. The molecule has 0 aliphatic carbocycles. The largest absolute Gasteiger partial charge is 0.391 e. The average molecular weight is 510 g/mol. The quantitative estimate of drug-likeness (QED) is 0.537. The number of amides is 1. The van der Waals surface area contributed by atoms with E-state index in [4.69, 9.17) is 14.7 Å². The molecule has 6 rings (SSSR count). The predicted molar refractivity (Wildman–Crippen MR) is 142 cm³/mol. The van der Waals surface area contributed by atoms with E-state index in [1.807, 2.05) is 23.1 Å². The van der Waals surface area contributed by atoms with Gasteiger partial charge in [-0.1, -0.05) is 17.4 Å². The van der Waals surface area contributed by atoms with Crippen molar-refractivity contribution in [1.29, 1.82) is 0 Å². The Labute approximate surface area is 213 Å². The lowest BCUT2D eigenvalue weighted by molar-refractivity contribution is 0.102. The lowest BCUT2D eigenvalue weighted by atomic mass is 10.1. The first-order valence-electron chi connectivity index (χ1n) is 12.7. The fourth-order valence-corrected chi connectivity index (χ4v) is 6.03. The topological polar surface area (TPSA) is 107 Å². The van der Waals surface area contributed by atoms with Gasteiger partial charge in [-0.2, -0.15) is 4.98 Å². The summed E-state index contributed by atoms with van der Waals surface area (Å²) >= 11 is 1.60. The van der Waals surface area contributed by atoms with Gasteiger partial charge in [-0.3, -0.25) is 4.79 Å². The van der Waals surface area contributed by atoms with Crippen molar-refractivity contribution in [1.82, 2.24) is 15.0 Å². The van der Waals surface area contributed by atoms with Crippen LogP contribution in [0.5, 0.6) is 0 Å². The Balaban J connectivity index is 1.30. The van der Waals surface area contributed by atoms with Gasteiger partial charge in [0.25, 0.3) is 5.91 Å². The Hall–Kier alpha value is -3.02. The van der Waals surface area contributed by atoms with Gasteiger partial charge in [0.05, 0.1) is 29.7 Å². The van der Waals surface area contributed by atoms with Gasteiger partial charge in [0.15, 0.2) is 16.6 Å². The van der Waals surface area contributed by atoms with Crippen LogP contribution in [-0.2, 0) is 4.74 Å². The number of aliphatic hydroxyl groups excluding tert-OH is 1. The van der Waals surface area contributed by atoms with E-state index in [1.165, 1.54) is 6.42 Å². The number of nitrogens with zero attached hydrogens (tertiary/aromatic N) is 6. The summed E-state index contributed by atoms with van der Waals surface area (Å²) in [6.45, 7) is 6.12. The van der Waals surface area contributed by atoms with Crippen LogP contribution in [0.2, 0.25) is 0 Å². The molecular formula is C25H31N7O3S. The zero-order chi connectivity index (χ0) is 24.5. The summed E-state index contributed by atoms with van der Waals surface area (Å²) in [5, 5.41) is 13.9. The van der Waals surface area contributed by atoms with Gasteiger partial charge in [-0.05, 0) is 43.9 Å². The van der Waals surface area contributed by atoms with Gasteiger partial charge in [0.2, 0.25) is 0 Å². The lowest BCUT2D eigenvalue weighted by Crippen LogP contribution is -2.36. The molecule has 1 amide bonds. The Morgan fingerprint density at radius 3 is 2.61 bits per heavy atom. The molecule has 36 heavy (non-hydrogen) atoms. The fraction of sp³-hybridized carbons (Fsp3) is 0.520. The lowest BCUT2D eigenvalue weighted by Gasteiger charge is -2.29. The van der Waals surface area contributed by atoms with Gasteiger partial charge in [0.1, 0.15) is 11.5 Å². The number of aliphatic hydroxyl groups is 1. The van der Waals surface area contributed by atoms with E-state index in [0.717, 1.165) is 61.2 Å². The van der Waals surface area contributed by atoms with Crippen LogP contribution in [0.4, 0.5) is 22.5 Å². The van der Waals surface area contributed by atoms with Gasteiger partial charge < -0.3 is 29.9 Å². The highest BCUT2D eigenvalue weighted by atomic mass is 32.1. The molecule has 3 aromatic heterocycles. The van der Waals surface area contributed by atoms with E-state index in [-0.39, 0.29) is 12.0 Å². The monoisotopic (exact) mass is 509 g/mol. The number of nitrogens with one attached hydrogen (secondary N) is 1. The standard InChI is InChI=1S/C25H31N7O3S/c33-17-7-10-32(16-17)21-6-4-5-18(26-21)24(34)27-19-15-20-22(28-23(19)30-8-2-1-3-9-30)29-25(36-20)31-11-13-35-14-12-31/h4-6,15,17,33H,1-3,7-14,16H2,(H,27,34)/t17-/m0/s1. The van der Waals surface area contributed by atoms with Gasteiger partial charge >= 0.3 is 0 Å². The number of hydrogen-bond acceptors (Lipinski definition) is 10. The Kier molecular flexibility index (Phi) is 6.60. The van der Waals surface area contributed by atoms with Crippen molar-refractivity contribution in [2.75, 3.05) is 72.5 Å². The molecule has 190 valence electrons. The molecule has 0 unspecified atom stereocenters. The van der Waals surface area contributed by atoms with Gasteiger partial charge in [0, 0.05) is 39.3 Å². The number of carbonyl (C=O) groups is 1. The summed E-state index contributed by atoms with van der Waals surface area (Å²) in [6.07, 6.45) is 3.78. The molecule has 3 fully saturated rings. The minimum Gasteiger partial charge on any atom is -0.391 e. The number of β-amino-alcohol motifs (C(OH)–C–C–N with tert-alkyl or cyclic N) is 1. The Morgan fingerprint density at radius 2 is 1.83 bits per heavy atom. The number of pyridine rings is 2. The Morgan fingerprint density at radius 1 is 1.00 bits per heavy atom. The zero-order valence-electron chi connectivity index (χ0n) is 20.2. The molecule has 3 saturated heterocycles. The van der Waals surface area contributed by atoms with Crippen molar-refractivity contribution in [3.63, 3.8) is 0 Å². The number of fused-ring (bicyclic) bond motifs is 1. The minimum absolute atomic E-state index is 0.270. The van der Waals surface area contributed by atoms with E-state index in [9.17, 15) is 9.90 Å². The molecule has 0 bridgehead atoms. The van der Waals surface area contributed by atoms with Crippen LogP contribution in [-0.4, -0.2) is 84.6 Å². The molecule has 11 heteroatoms. The van der Waals surface area contributed by atoms with Crippen LogP contribution in [0.3, 0.4) is 0 Å². The van der Waals surface area contributed by atoms with Crippen molar-refractivity contribution in [2.24, 2.45) is 0 Å². The van der Waals surface area contributed by atoms with Crippen molar-refractivity contribution >= 4 is 50.0 Å². The highest BCUT2D eigenvalue weighted by Gasteiger charge is 2.24. The predicted octanol–water partition coefficient (Wildman–Crippen LogP) is 2.74. The van der Waals surface area contributed by atoms with Crippen molar-refractivity contribution < 1.29 is 14.6 Å².